The van der Waals surface area contributed by atoms with Gasteiger partial charge in [0, 0.05) is 44.1 Å². The Hall–Kier alpha value is -1.65. The highest BCUT2D eigenvalue weighted by atomic mass is 15.1. The molecule has 4 nitrogen and oxygen atoms in total. The van der Waals surface area contributed by atoms with Crippen LogP contribution in [0.3, 0.4) is 0 Å². The highest BCUT2D eigenvalue weighted by molar-refractivity contribution is 5.55. The van der Waals surface area contributed by atoms with Gasteiger partial charge in [0.15, 0.2) is 0 Å². The second-order valence-corrected chi connectivity index (χ2v) is 4.86. The van der Waals surface area contributed by atoms with E-state index in [4.69, 9.17) is 0 Å². The summed E-state index contributed by atoms with van der Waals surface area (Å²) in [5, 5.41) is 3.44. The van der Waals surface area contributed by atoms with Crippen LogP contribution in [0.25, 0.3) is 11.4 Å². The van der Waals surface area contributed by atoms with Crippen LogP contribution in [0.4, 0.5) is 0 Å². The number of likely N-dealkylation sites (N-methyl/N-ethyl adjacent to an activating group) is 1. The molecule has 0 aliphatic heterocycles. The summed E-state index contributed by atoms with van der Waals surface area (Å²) >= 11 is 0. The standard InChI is InChI=1S/C15H22N4/c1-18(2)11-8-16-9-12-19-13-10-17-15(19)14-6-4-3-5-7-14/h3-7,10,13,16H,8-9,11-12H2,1-2H3. The normalized spacial score (nSPS) is 11.1. The Kier molecular flexibility index (Phi) is 5.12. The third-order valence-corrected chi connectivity index (χ3v) is 3.01. The molecule has 0 saturated carbocycles. The van der Waals surface area contributed by atoms with Crippen LogP contribution in [0, 0.1) is 0 Å². The van der Waals surface area contributed by atoms with Gasteiger partial charge in [-0.2, -0.15) is 0 Å². The zero-order valence-corrected chi connectivity index (χ0v) is 11.7. The average Bonchev–Trinajstić information content (AvgIpc) is 2.87. The molecule has 4 heteroatoms. The molecule has 1 aromatic carbocycles. The molecule has 0 saturated heterocycles. The SMILES string of the molecule is CN(C)CCNCCn1ccnc1-c1ccccc1. The Balaban J connectivity index is 1.87. The van der Waals surface area contributed by atoms with Gasteiger partial charge in [-0.05, 0) is 14.1 Å². The van der Waals surface area contributed by atoms with Crippen molar-refractivity contribution in [2.45, 2.75) is 6.54 Å². The lowest BCUT2D eigenvalue weighted by Crippen LogP contribution is -2.28. The molecule has 102 valence electrons. The van der Waals surface area contributed by atoms with Crippen LogP contribution in [0.2, 0.25) is 0 Å². The predicted molar refractivity (Wildman–Crippen MR) is 79.1 cm³/mol. The van der Waals surface area contributed by atoms with Gasteiger partial charge in [-0.1, -0.05) is 30.3 Å². The Bertz CT molecular complexity index is 476. The van der Waals surface area contributed by atoms with Crippen molar-refractivity contribution in [3.63, 3.8) is 0 Å². The Morgan fingerprint density at radius 1 is 1.16 bits per heavy atom. The van der Waals surface area contributed by atoms with Crippen molar-refractivity contribution in [3.05, 3.63) is 42.7 Å². The second kappa shape index (κ2) is 7.07. The molecular weight excluding hydrogens is 236 g/mol. The number of benzene rings is 1. The number of aromatic nitrogens is 2. The summed E-state index contributed by atoms with van der Waals surface area (Å²) in [4.78, 5) is 6.62. The van der Waals surface area contributed by atoms with Crippen molar-refractivity contribution in [1.82, 2.24) is 19.8 Å². The van der Waals surface area contributed by atoms with E-state index in [9.17, 15) is 0 Å². The number of hydrogen-bond acceptors (Lipinski definition) is 3. The van der Waals surface area contributed by atoms with Gasteiger partial charge in [0.1, 0.15) is 5.82 Å². The maximum absolute atomic E-state index is 4.44. The first kappa shape index (κ1) is 13.8. The molecule has 0 bridgehead atoms. The van der Waals surface area contributed by atoms with E-state index in [2.05, 4.69) is 46.0 Å². The van der Waals surface area contributed by atoms with Gasteiger partial charge in [0.2, 0.25) is 0 Å². The molecule has 1 aromatic heterocycles. The van der Waals surface area contributed by atoms with E-state index < -0.39 is 0 Å². The molecule has 2 aromatic rings. The molecular formula is C15H22N4. The van der Waals surface area contributed by atoms with Gasteiger partial charge in [-0.25, -0.2) is 4.98 Å². The summed E-state index contributed by atoms with van der Waals surface area (Å²) in [7, 11) is 4.18. The maximum atomic E-state index is 4.44. The number of nitrogens with zero attached hydrogens (tertiary/aromatic N) is 3. The van der Waals surface area contributed by atoms with Crippen molar-refractivity contribution < 1.29 is 0 Å². The van der Waals surface area contributed by atoms with Crippen LogP contribution in [0.1, 0.15) is 0 Å². The zero-order chi connectivity index (χ0) is 13.5. The van der Waals surface area contributed by atoms with Gasteiger partial charge in [-0.15, -0.1) is 0 Å². The average molecular weight is 258 g/mol. The van der Waals surface area contributed by atoms with E-state index >= 15 is 0 Å². The van der Waals surface area contributed by atoms with Gasteiger partial charge < -0.3 is 14.8 Å². The van der Waals surface area contributed by atoms with E-state index in [-0.39, 0.29) is 0 Å². The summed E-state index contributed by atoms with van der Waals surface area (Å²) in [5.74, 6) is 1.04. The third kappa shape index (κ3) is 4.19. The Labute approximate surface area is 115 Å². The highest BCUT2D eigenvalue weighted by Crippen LogP contribution is 2.16. The molecule has 0 atom stereocenters. The van der Waals surface area contributed by atoms with Crippen LogP contribution in [0.15, 0.2) is 42.7 Å². The van der Waals surface area contributed by atoms with Crippen LogP contribution >= 0.6 is 0 Å². The largest absolute Gasteiger partial charge is 0.330 e. The topological polar surface area (TPSA) is 33.1 Å². The molecule has 0 unspecified atom stereocenters. The first-order valence-corrected chi connectivity index (χ1v) is 6.69. The lowest BCUT2D eigenvalue weighted by atomic mass is 10.2. The van der Waals surface area contributed by atoms with E-state index in [1.54, 1.807) is 0 Å². The molecule has 19 heavy (non-hydrogen) atoms. The number of nitrogens with one attached hydrogen (secondary N) is 1. The first-order valence-electron chi connectivity index (χ1n) is 6.69. The number of imidazole rings is 1. The highest BCUT2D eigenvalue weighted by Gasteiger charge is 2.04. The summed E-state index contributed by atoms with van der Waals surface area (Å²) < 4.78 is 2.19. The quantitative estimate of drug-likeness (QED) is 0.767. The fourth-order valence-electron chi connectivity index (χ4n) is 1.96. The van der Waals surface area contributed by atoms with E-state index in [1.807, 2.05) is 30.6 Å². The smallest absolute Gasteiger partial charge is 0.139 e. The predicted octanol–water partition coefficient (Wildman–Crippen LogP) is 1.70. The van der Waals surface area contributed by atoms with Gasteiger partial charge in [0.25, 0.3) is 0 Å². The fourth-order valence-corrected chi connectivity index (χ4v) is 1.96. The zero-order valence-electron chi connectivity index (χ0n) is 11.7. The second-order valence-electron chi connectivity index (χ2n) is 4.86. The summed E-state index contributed by atoms with van der Waals surface area (Å²) in [6.45, 7) is 3.99. The van der Waals surface area contributed by atoms with Crippen molar-refractivity contribution in [2.75, 3.05) is 33.7 Å². The van der Waals surface area contributed by atoms with Crippen molar-refractivity contribution in [2.24, 2.45) is 0 Å². The van der Waals surface area contributed by atoms with E-state index in [0.717, 1.165) is 32.0 Å². The van der Waals surface area contributed by atoms with Gasteiger partial charge >= 0.3 is 0 Å². The lowest BCUT2D eigenvalue weighted by Gasteiger charge is -2.11. The van der Waals surface area contributed by atoms with Crippen molar-refractivity contribution in [3.8, 4) is 11.4 Å². The van der Waals surface area contributed by atoms with Crippen LogP contribution in [0.5, 0.6) is 0 Å². The Morgan fingerprint density at radius 3 is 2.68 bits per heavy atom. The summed E-state index contributed by atoms with van der Waals surface area (Å²) in [5.41, 5.74) is 1.17. The minimum absolute atomic E-state index is 0.942. The molecule has 0 amide bonds. The molecule has 2 rings (SSSR count). The van der Waals surface area contributed by atoms with Crippen molar-refractivity contribution >= 4 is 0 Å². The Morgan fingerprint density at radius 2 is 1.95 bits per heavy atom. The first-order chi connectivity index (χ1) is 9.27. The van der Waals surface area contributed by atoms with Crippen LogP contribution in [-0.4, -0.2) is 48.2 Å². The van der Waals surface area contributed by atoms with Crippen molar-refractivity contribution in [1.29, 1.82) is 0 Å². The van der Waals surface area contributed by atoms with Gasteiger partial charge in [-0.3, -0.25) is 0 Å². The van der Waals surface area contributed by atoms with E-state index in [0.29, 0.717) is 0 Å². The third-order valence-electron chi connectivity index (χ3n) is 3.01. The van der Waals surface area contributed by atoms with Crippen LogP contribution < -0.4 is 5.32 Å². The number of rotatable bonds is 7. The van der Waals surface area contributed by atoms with Crippen LogP contribution in [-0.2, 0) is 6.54 Å². The number of hydrogen-bond donors (Lipinski definition) is 1. The monoisotopic (exact) mass is 258 g/mol. The molecule has 0 radical (unpaired) electrons. The fraction of sp³-hybridized carbons (Fsp3) is 0.400. The van der Waals surface area contributed by atoms with E-state index in [1.165, 1.54) is 5.56 Å². The molecule has 0 fully saturated rings. The molecule has 0 aliphatic rings. The minimum atomic E-state index is 0.942. The molecule has 0 aliphatic carbocycles. The maximum Gasteiger partial charge on any atom is 0.139 e. The van der Waals surface area contributed by atoms with Gasteiger partial charge in [0.05, 0.1) is 0 Å². The molecule has 1 N–H and O–H groups in total. The summed E-state index contributed by atoms with van der Waals surface area (Å²) in [6, 6.07) is 10.3. The lowest BCUT2D eigenvalue weighted by molar-refractivity contribution is 0.398. The molecule has 1 heterocycles. The summed E-state index contributed by atoms with van der Waals surface area (Å²) in [6.07, 6.45) is 3.90. The minimum Gasteiger partial charge on any atom is -0.330 e. The molecule has 0 spiro atoms.